The molecule has 18 heavy (non-hydrogen) atoms. The van der Waals surface area contributed by atoms with Crippen LogP contribution in [-0.4, -0.2) is 23.4 Å². The summed E-state index contributed by atoms with van der Waals surface area (Å²) in [5, 5.41) is 12.9. The third-order valence-corrected chi connectivity index (χ3v) is 2.32. The number of halogens is 1. The van der Waals surface area contributed by atoms with Crippen molar-refractivity contribution in [1.29, 1.82) is 0 Å². The molecule has 0 amide bonds. The lowest BCUT2D eigenvalue weighted by Gasteiger charge is -1.97. The van der Waals surface area contributed by atoms with Crippen molar-refractivity contribution in [1.82, 2.24) is 0 Å². The van der Waals surface area contributed by atoms with Crippen molar-refractivity contribution in [2.75, 3.05) is 6.61 Å². The summed E-state index contributed by atoms with van der Waals surface area (Å²) in [6.07, 6.45) is 3.89. The molecule has 0 spiro atoms. The number of carboxylic acid groups (broad SMARTS) is 1. The summed E-state index contributed by atoms with van der Waals surface area (Å²) in [7, 11) is 0. The maximum atomic E-state index is 10.6. The van der Waals surface area contributed by atoms with Gasteiger partial charge in [0.2, 0.25) is 0 Å². The van der Waals surface area contributed by atoms with Crippen molar-refractivity contribution in [3.63, 3.8) is 0 Å². The van der Waals surface area contributed by atoms with Gasteiger partial charge < -0.3 is 9.94 Å². The van der Waals surface area contributed by atoms with E-state index in [4.69, 9.17) is 21.5 Å². The zero-order chi connectivity index (χ0) is 13.4. The molecule has 0 atom stereocenters. The highest BCUT2D eigenvalue weighted by Gasteiger charge is 2.05. The van der Waals surface area contributed by atoms with Gasteiger partial charge in [0.15, 0.2) is 5.71 Å². The van der Waals surface area contributed by atoms with Gasteiger partial charge in [0.05, 0.1) is 0 Å². The predicted octanol–water partition coefficient (Wildman–Crippen LogP) is 3.22. The van der Waals surface area contributed by atoms with Gasteiger partial charge in [-0.15, -0.1) is 0 Å². The molecule has 0 aliphatic heterocycles. The Morgan fingerprint density at radius 2 is 2.33 bits per heavy atom. The molecule has 0 radical (unpaired) electrons. The van der Waals surface area contributed by atoms with Crippen molar-refractivity contribution in [3.05, 3.63) is 40.9 Å². The molecular weight excluding hydrogens is 254 g/mol. The molecule has 1 N–H and O–H groups in total. The van der Waals surface area contributed by atoms with Gasteiger partial charge >= 0.3 is 5.97 Å². The third-order valence-electron chi connectivity index (χ3n) is 2.09. The first-order chi connectivity index (χ1) is 8.63. The Labute approximate surface area is 111 Å². The molecule has 0 fully saturated rings. The van der Waals surface area contributed by atoms with E-state index in [2.05, 4.69) is 5.16 Å². The van der Waals surface area contributed by atoms with Gasteiger partial charge in [-0.05, 0) is 30.2 Å². The Hall–Kier alpha value is -1.81. The highest BCUT2D eigenvalue weighted by molar-refractivity contribution is 6.35. The molecule has 0 aliphatic rings. The van der Waals surface area contributed by atoms with Gasteiger partial charge in [0.25, 0.3) is 0 Å². The number of carboxylic acids is 1. The molecule has 5 heteroatoms. The Morgan fingerprint density at radius 1 is 1.56 bits per heavy atom. The molecule has 96 valence electrons. The summed E-state index contributed by atoms with van der Waals surface area (Å²) in [5.74, 6) is -1.06. The molecule has 0 aliphatic carbocycles. The topological polar surface area (TPSA) is 58.9 Å². The first-order valence-corrected chi connectivity index (χ1v) is 5.85. The zero-order valence-corrected chi connectivity index (χ0v) is 10.7. The van der Waals surface area contributed by atoms with Gasteiger partial charge in [-0.1, -0.05) is 41.9 Å². The largest absolute Gasteiger partial charge is 0.477 e. The number of carbonyl (C=O) groups is 1. The van der Waals surface area contributed by atoms with Crippen LogP contribution in [0, 0.1) is 0 Å². The molecule has 0 saturated heterocycles. The van der Waals surface area contributed by atoms with E-state index in [0.29, 0.717) is 11.4 Å². The van der Waals surface area contributed by atoms with Crippen LogP contribution in [0.3, 0.4) is 0 Å². The van der Waals surface area contributed by atoms with Crippen LogP contribution >= 0.6 is 11.6 Å². The number of aliphatic carboxylic acids is 1. The van der Waals surface area contributed by atoms with Crippen LogP contribution < -0.4 is 0 Å². The molecule has 1 aromatic carbocycles. The van der Waals surface area contributed by atoms with Gasteiger partial charge in [0, 0.05) is 5.02 Å². The summed E-state index contributed by atoms with van der Waals surface area (Å²) < 4.78 is 0. The second-order valence-corrected chi connectivity index (χ2v) is 3.89. The van der Waals surface area contributed by atoms with Gasteiger partial charge in [0.1, 0.15) is 6.61 Å². The molecule has 0 aromatic heterocycles. The second kappa shape index (κ2) is 7.50. The van der Waals surface area contributed by atoms with E-state index in [9.17, 15) is 4.79 Å². The SMILES string of the molecule is CCC(=NOC/C=C/c1cccc(Cl)c1)C(=O)O. The van der Waals surface area contributed by atoms with E-state index in [1.165, 1.54) is 0 Å². The zero-order valence-electron chi connectivity index (χ0n) is 9.97. The van der Waals surface area contributed by atoms with Gasteiger partial charge in [-0.3, -0.25) is 0 Å². The first-order valence-electron chi connectivity index (χ1n) is 5.47. The Morgan fingerprint density at radius 3 is 2.94 bits per heavy atom. The molecular formula is C13H14ClNO3. The van der Waals surface area contributed by atoms with Crippen molar-refractivity contribution in [2.45, 2.75) is 13.3 Å². The minimum Gasteiger partial charge on any atom is -0.477 e. The Balaban J connectivity index is 2.44. The monoisotopic (exact) mass is 267 g/mol. The lowest BCUT2D eigenvalue weighted by Crippen LogP contribution is -2.11. The van der Waals surface area contributed by atoms with Crippen LogP contribution in [0.1, 0.15) is 18.9 Å². The maximum Gasteiger partial charge on any atom is 0.353 e. The van der Waals surface area contributed by atoms with Crippen molar-refractivity contribution >= 4 is 29.4 Å². The minimum atomic E-state index is -1.06. The molecule has 0 unspecified atom stereocenters. The second-order valence-electron chi connectivity index (χ2n) is 3.45. The number of hydrogen-bond acceptors (Lipinski definition) is 3. The van der Waals surface area contributed by atoms with Crippen LogP contribution in [0.2, 0.25) is 5.02 Å². The standard InChI is InChI=1S/C13H14ClNO3/c1-2-12(13(16)17)15-18-8-4-6-10-5-3-7-11(14)9-10/h3-7,9H,2,8H2,1H3,(H,16,17)/b6-4+,15-12?. The van der Waals surface area contributed by atoms with Crippen molar-refractivity contribution < 1.29 is 14.7 Å². The van der Waals surface area contributed by atoms with E-state index in [-0.39, 0.29) is 12.3 Å². The molecule has 1 rings (SSSR count). The fourth-order valence-electron chi connectivity index (χ4n) is 1.21. The Kier molecular flexibility index (Phi) is 5.94. The average Bonchev–Trinajstić information content (AvgIpc) is 2.33. The summed E-state index contributed by atoms with van der Waals surface area (Å²) >= 11 is 5.83. The quantitative estimate of drug-likeness (QED) is 0.489. The summed E-state index contributed by atoms with van der Waals surface area (Å²) in [4.78, 5) is 15.5. The third kappa shape index (κ3) is 5.01. The van der Waals surface area contributed by atoms with E-state index in [1.807, 2.05) is 24.3 Å². The fourth-order valence-corrected chi connectivity index (χ4v) is 1.41. The van der Waals surface area contributed by atoms with Crippen LogP contribution in [0.4, 0.5) is 0 Å². The number of hydrogen-bond donors (Lipinski definition) is 1. The molecule has 1 aromatic rings. The molecule has 0 heterocycles. The summed E-state index contributed by atoms with van der Waals surface area (Å²) in [6, 6.07) is 7.36. The van der Waals surface area contributed by atoms with E-state index in [0.717, 1.165) is 5.56 Å². The number of oxime groups is 1. The van der Waals surface area contributed by atoms with E-state index >= 15 is 0 Å². The minimum absolute atomic E-state index is 0.00570. The number of nitrogens with zero attached hydrogens (tertiary/aromatic N) is 1. The Bertz CT molecular complexity index is 469. The molecule has 4 nitrogen and oxygen atoms in total. The molecule has 0 bridgehead atoms. The fraction of sp³-hybridized carbons (Fsp3) is 0.231. The lowest BCUT2D eigenvalue weighted by atomic mass is 10.2. The van der Waals surface area contributed by atoms with Crippen LogP contribution in [0.25, 0.3) is 6.08 Å². The smallest absolute Gasteiger partial charge is 0.353 e. The van der Waals surface area contributed by atoms with E-state index < -0.39 is 5.97 Å². The van der Waals surface area contributed by atoms with Crippen LogP contribution in [0.5, 0.6) is 0 Å². The van der Waals surface area contributed by atoms with Gasteiger partial charge in [-0.2, -0.15) is 0 Å². The van der Waals surface area contributed by atoms with Crippen LogP contribution in [-0.2, 0) is 9.63 Å². The summed E-state index contributed by atoms with van der Waals surface area (Å²) in [6.45, 7) is 1.92. The maximum absolute atomic E-state index is 10.6. The first kappa shape index (κ1) is 14.3. The highest BCUT2D eigenvalue weighted by atomic mass is 35.5. The lowest BCUT2D eigenvalue weighted by molar-refractivity contribution is -0.129. The predicted molar refractivity (Wildman–Crippen MR) is 71.8 cm³/mol. The number of benzene rings is 1. The van der Waals surface area contributed by atoms with Gasteiger partial charge in [-0.25, -0.2) is 4.79 Å². The van der Waals surface area contributed by atoms with E-state index in [1.54, 1.807) is 19.1 Å². The molecule has 0 saturated carbocycles. The number of rotatable bonds is 6. The van der Waals surface area contributed by atoms with Crippen molar-refractivity contribution in [3.8, 4) is 0 Å². The summed E-state index contributed by atoms with van der Waals surface area (Å²) in [5.41, 5.74) is 0.954. The normalized spacial score (nSPS) is 11.8. The van der Waals surface area contributed by atoms with Crippen LogP contribution in [0.15, 0.2) is 35.5 Å². The average molecular weight is 268 g/mol. The van der Waals surface area contributed by atoms with Crippen molar-refractivity contribution in [2.24, 2.45) is 5.16 Å². The highest BCUT2D eigenvalue weighted by Crippen LogP contribution is 2.11.